The molecule has 0 aromatic carbocycles. The fraction of sp³-hybridized carbons (Fsp3) is 0.652. The maximum Gasteiger partial charge on any atom is 0.0641 e. The van der Waals surface area contributed by atoms with Gasteiger partial charge in [0, 0.05) is 0 Å². The first-order valence-electron chi connectivity index (χ1n) is 9.80. The number of rotatable bonds is 9. The van der Waals surface area contributed by atoms with Crippen LogP contribution in [0.3, 0.4) is 0 Å². The van der Waals surface area contributed by atoms with Crippen molar-refractivity contribution in [1.29, 1.82) is 0 Å². The topological polar surface area (TPSA) is 40.5 Å². The van der Waals surface area contributed by atoms with Crippen molar-refractivity contribution < 1.29 is 10.2 Å². The molecule has 0 bridgehead atoms. The lowest BCUT2D eigenvalue weighted by Crippen LogP contribution is -2.19. The van der Waals surface area contributed by atoms with Gasteiger partial charge in [-0.3, -0.25) is 0 Å². The second kappa shape index (κ2) is 14.1. The summed E-state index contributed by atoms with van der Waals surface area (Å²) in [6, 6.07) is 0. The van der Waals surface area contributed by atoms with Gasteiger partial charge in [-0.05, 0) is 62.4 Å². The fourth-order valence-corrected chi connectivity index (χ4v) is 2.89. The van der Waals surface area contributed by atoms with Crippen molar-refractivity contribution in [1.82, 2.24) is 0 Å². The lowest BCUT2D eigenvalue weighted by atomic mass is 9.76. The van der Waals surface area contributed by atoms with Crippen molar-refractivity contribution >= 4 is 0 Å². The molecule has 0 saturated carbocycles. The van der Waals surface area contributed by atoms with Gasteiger partial charge in [-0.2, -0.15) is 0 Å². The summed E-state index contributed by atoms with van der Waals surface area (Å²) < 4.78 is 0. The third kappa shape index (κ3) is 9.81. The van der Waals surface area contributed by atoms with E-state index in [0.717, 1.165) is 32.1 Å². The zero-order chi connectivity index (χ0) is 19.1. The van der Waals surface area contributed by atoms with E-state index in [1.807, 2.05) is 6.08 Å². The Morgan fingerprint density at radius 1 is 1.12 bits per heavy atom. The Balaban J connectivity index is 0.000000504. The summed E-state index contributed by atoms with van der Waals surface area (Å²) in [5.41, 5.74) is 3.03. The molecule has 2 heteroatoms. The highest BCUT2D eigenvalue weighted by molar-refractivity contribution is 5.19. The second-order valence-corrected chi connectivity index (χ2v) is 7.26. The van der Waals surface area contributed by atoms with E-state index >= 15 is 0 Å². The highest BCUT2D eigenvalue weighted by Gasteiger charge is 2.33. The number of hydrogen-bond donors (Lipinski definition) is 2. The predicted octanol–water partition coefficient (Wildman–Crippen LogP) is 5.98. The van der Waals surface area contributed by atoms with Crippen LogP contribution >= 0.6 is 0 Å². The highest BCUT2D eigenvalue weighted by Crippen LogP contribution is 2.44. The second-order valence-electron chi connectivity index (χ2n) is 7.26. The van der Waals surface area contributed by atoms with Crippen LogP contribution in [0.2, 0.25) is 0 Å². The van der Waals surface area contributed by atoms with E-state index < -0.39 is 0 Å². The molecule has 1 aliphatic carbocycles. The first-order valence-corrected chi connectivity index (χ1v) is 9.80. The molecule has 0 fully saturated rings. The average Bonchev–Trinajstić information content (AvgIpc) is 2.86. The van der Waals surface area contributed by atoms with Gasteiger partial charge < -0.3 is 10.2 Å². The molecule has 2 N–H and O–H groups in total. The van der Waals surface area contributed by atoms with Crippen LogP contribution in [0, 0.1) is 11.3 Å². The maximum absolute atomic E-state index is 9.10. The number of unbranched alkanes of at least 4 members (excludes halogenated alkanes) is 1. The monoisotopic (exact) mass is 348 g/mol. The van der Waals surface area contributed by atoms with Crippen molar-refractivity contribution in [2.45, 2.75) is 73.1 Å². The summed E-state index contributed by atoms with van der Waals surface area (Å²) in [5, 5.41) is 17.5. The summed E-state index contributed by atoms with van der Waals surface area (Å²) in [6.45, 7) is 11.5. The molecule has 1 atom stereocenters. The molecule has 0 spiro atoms. The molecular formula is C23H40O2. The van der Waals surface area contributed by atoms with Crippen molar-refractivity contribution in [3.8, 4) is 0 Å². The van der Waals surface area contributed by atoms with Gasteiger partial charge in [0.15, 0.2) is 0 Å². The molecule has 1 rings (SSSR count). The zero-order valence-electron chi connectivity index (χ0n) is 17.1. The molecule has 25 heavy (non-hydrogen) atoms. The van der Waals surface area contributed by atoms with Crippen LogP contribution in [0.1, 0.15) is 73.1 Å². The molecule has 2 nitrogen and oxygen atoms in total. The Hall–Kier alpha value is -1.12. The average molecular weight is 349 g/mol. The summed E-state index contributed by atoms with van der Waals surface area (Å²) in [5.74, 6) is 0.714. The van der Waals surface area contributed by atoms with E-state index in [-0.39, 0.29) is 13.2 Å². The number of allylic oxidation sites excluding steroid dienone is 6. The van der Waals surface area contributed by atoms with E-state index in [4.69, 9.17) is 10.2 Å². The van der Waals surface area contributed by atoms with Crippen LogP contribution in [-0.2, 0) is 0 Å². The normalized spacial score (nSPS) is 20.0. The fourth-order valence-electron chi connectivity index (χ4n) is 2.89. The Labute approximate surface area is 156 Å². The maximum atomic E-state index is 9.10. The minimum Gasteiger partial charge on any atom is -0.392 e. The minimum absolute atomic E-state index is 0.164. The van der Waals surface area contributed by atoms with E-state index in [1.165, 1.54) is 17.6 Å². The van der Waals surface area contributed by atoms with E-state index in [0.29, 0.717) is 11.3 Å². The third-order valence-corrected chi connectivity index (χ3v) is 5.27. The molecule has 0 radical (unpaired) electrons. The van der Waals surface area contributed by atoms with Crippen LogP contribution in [0.4, 0.5) is 0 Å². The van der Waals surface area contributed by atoms with Crippen molar-refractivity contribution in [2.75, 3.05) is 13.2 Å². The zero-order valence-corrected chi connectivity index (χ0v) is 17.1. The molecule has 0 aliphatic heterocycles. The number of hydrogen-bond acceptors (Lipinski definition) is 2. The first kappa shape index (κ1) is 23.9. The van der Waals surface area contributed by atoms with Crippen molar-refractivity contribution in [2.24, 2.45) is 11.3 Å². The molecule has 0 amide bonds. The van der Waals surface area contributed by atoms with Gasteiger partial charge >= 0.3 is 0 Å². The van der Waals surface area contributed by atoms with E-state index in [1.54, 1.807) is 6.08 Å². The first-order chi connectivity index (χ1) is 11.9. The number of aliphatic hydroxyl groups excluding tert-OH is 2. The molecule has 1 aliphatic rings. The van der Waals surface area contributed by atoms with Crippen LogP contribution in [0.25, 0.3) is 0 Å². The van der Waals surface area contributed by atoms with Gasteiger partial charge in [0.2, 0.25) is 0 Å². The van der Waals surface area contributed by atoms with Crippen LogP contribution in [0.5, 0.6) is 0 Å². The molecule has 144 valence electrons. The molecule has 0 heterocycles. The van der Waals surface area contributed by atoms with Crippen LogP contribution in [0.15, 0.2) is 47.6 Å². The Morgan fingerprint density at radius 2 is 1.76 bits per heavy atom. The third-order valence-electron chi connectivity index (χ3n) is 5.27. The number of aliphatic hydroxyl groups is 2. The van der Waals surface area contributed by atoms with E-state index in [2.05, 4.69) is 58.9 Å². The SMILES string of the molecule is CC/C(=C\CC1CC=C(C)C1(C)C)CO.CC/C=C\CC/C=C/CO. The van der Waals surface area contributed by atoms with Gasteiger partial charge in [0.1, 0.15) is 0 Å². The lowest BCUT2D eigenvalue weighted by Gasteiger charge is -2.29. The Bertz CT molecular complexity index is 433. The van der Waals surface area contributed by atoms with Crippen LogP contribution in [-0.4, -0.2) is 23.4 Å². The molecule has 0 saturated heterocycles. The van der Waals surface area contributed by atoms with E-state index in [9.17, 15) is 0 Å². The van der Waals surface area contributed by atoms with Gasteiger partial charge in [0.05, 0.1) is 13.2 Å². The van der Waals surface area contributed by atoms with Crippen molar-refractivity contribution in [3.05, 3.63) is 47.6 Å². The standard InChI is InChI=1S/C14H24O.C9H16O/c1-5-12(10-15)7-9-13-8-6-11(2)14(13,3)4;1-2-3-4-5-6-7-8-9-10/h6-7,13,15H,5,8-10H2,1-4H3;3-4,7-8,10H,2,5-6,9H2,1H3/b12-7+;4-3-,8-7+. The molecule has 1 unspecified atom stereocenters. The van der Waals surface area contributed by atoms with Gasteiger partial charge in [-0.1, -0.05) is 69.7 Å². The Morgan fingerprint density at radius 3 is 2.20 bits per heavy atom. The summed E-state index contributed by atoms with van der Waals surface area (Å²) in [6.07, 6.45) is 19.2. The molecule has 0 aromatic heterocycles. The van der Waals surface area contributed by atoms with Crippen LogP contribution < -0.4 is 0 Å². The lowest BCUT2D eigenvalue weighted by molar-refractivity contribution is 0.291. The Kier molecular flexibility index (Phi) is 13.5. The van der Waals surface area contributed by atoms with Gasteiger partial charge in [0.25, 0.3) is 0 Å². The summed E-state index contributed by atoms with van der Waals surface area (Å²) >= 11 is 0. The summed E-state index contributed by atoms with van der Waals surface area (Å²) in [7, 11) is 0. The quantitative estimate of drug-likeness (QED) is 0.397. The minimum atomic E-state index is 0.164. The van der Waals surface area contributed by atoms with Gasteiger partial charge in [-0.15, -0.1) is 0 Å². The molecule has 0 aromatic rings. The molecular weight excluding hydrogens is 308 g/mol. The predicted molar refractivity (Wildman–Crippen MR) is 111 cm³/mol. The van der Waals surface area contributed by atoms with Gasteiger partial charge in [-0.25, -0.2) is 0 Å². The largest absolute Gasteiger partial charge is 0.392 e. The highest BCUT2D eigenvalue weighted by atomic mass is 16.3. The van der Waals surface area contributed by atoms with Crippen molar-refractivity contribution in [3.63, 3.8) is 0 Å². The smallest absolute Gasteiger partial charge is 0.0641 e. The summed E-state index contributed by atoms with van der Waals surface area (Å²) in [4.78, 5) is 0.